The summed E-state index contributed by atoms with van der Waals surface area (Å²) in [5.74, 6) is 0.539. The molecule has 0 bridgehead atoms. The van der Waals surface area contributed by atoms with Gasteiger partial charge in [-0.1, -0.05) is 0 Å². The Kier molecular flexibility index (Phi) is 4.43. The van der Waals surface area contributed by atoms with E-state index in [1.54, 1.807) is 13.1 Å². The van der Waals surface area contributed by atoms with Gasteiger partial charge in [0.25, 0.3) is 5.91 Å². The van der Waals surface area contributed by atoms with Crippen molar-refractivity contribution in [3.8, 4) is 11.5 Å². The highest BCUT2D eigenvalue weighted by Gasteiger charge is 2.16. The molecule has 88 valence electrons. The van der Waals surface area contributed by atoms with E-state index in [1.807, 2.05) is 0 Å². The van der Waals surface area contributed by atoms with Crippen LogP contribution >= 0.6 is 11.6 Å². The summed E-state index contributed by atoms with van der Waals surface area (Å²) in [7, 11) is 3.13. The second kappa shape index (κ2) is 5.61. The standard InChI is InChI=1S/C11H14ClNO3/c1-13(6-5-12)11(15)9-7-8(16-2)3-4-10(9)14/h3-4,7,14H,5-6H2,1-2H3. The van der Waals surface area contributed by atoms with Crippen LogP contribution in [-0.4, -0.2) is 42.5 Å². The molecule has 0 spiro atoms. The molecule has 0 aliphatic rings. The lowest BCUT2D eigenvalue weighted by atomic mass is 10.1. The van der Waals surface area contributed by atoms with E-state index >= 15 is 0 Å². The number of hydrogen-bond donors (Lipinski definition) is 1. The number of carbonyl (C=O) groups excluding carboxylic acids is 1. The van der Waals surface area contributed by atoms with Crippen LogP contribution in [0.4, 0.5) is 0 Å². The molecule has 0 heterocycles. The second-order valence-electron chi connectivity index (χ2n) is 3.30. The highest BCUT2D eigenvalue weighted by atomic mass is 35.5. The van der Waals surface area contributed by atoms with Crippen molar-refractivity contribution in [3.05, 3.63) is 23.8 Å². The normalized spacial score (nSPS) is 9.94. The molecule has 0 saturated heterocycles. The minimum absolute atomic E-state index is 0.0628. The molecule has 0 aromatic heterocycles. The summed E-state index contributed by atoms with van der Waals surface area (Å²) in [4.78, 5) is 13.3. The van der Waals surface area contributed by atoms with Crippen molar-refractivity contribution >= 4 is 17.5 Å². The number of benzene rings is 1. The Morgan fingerprint density at radius 2 is 2.25 bits per heavy atom. The van der Waals surface area contributed by atoms with Gasteiger partial charge in [0.2, 0.25) is 0 Å². The van der Waals surface area contributed by atoms with E-state index in [-0.39, 0.29) is 17.2 Å². The molecule has 0 aliphatic carbocycles. The van der Waals surface area contributed by atoms with Crippen molar-refractivity contribution in [3.63, 3.8) is 0 Å². The van der Waals surface area contributed by atoms with Gasteiger partial charge in [-0.05, 0) is 18.2 Å². The average molecular weight is 244 g/mol. The van der Waals surface area contributed by atoms with Gasteiger partial charge < -0.3 is 14.7 Å². The number of hydrogen-bond acceptors (Lipinski definition) is 3. The zero-order valence-corrected chi connectivity index (χ0v) is 9.99. The number of rotatable bonds is 4. The number of aromatic hydroxyl groups is 1. The van der Waals surface area contributed by atoms with Gasteiger partial charge in [-0.2, -0.15) is 0 Å². The van der Waals surface area contributed by atoms with Crippen LogP contribution in [0.2, 0.25) is 0 Å². The molecule has 1 rings (SSSR count). The van der Waals surface area contributed by atoms with Gasteiger partial charge in [0.1, 0.15) is 11.5 Å². The number of methoxy groups -OCH3 is 1. The van der Waals surface area contributed by atoms with Crippen LogP contribution in [0.25, 0.3) is 0 Å². The fourth-order valence-corrected chi connectivity index (χ4v) is 1.50. The topological polar surface area (TPSA) is 49.8 Å². The SMILES string of the molecule is COc1ccc(O)c(C(=O)N(C)CCCl)c1. The van der Waals surface area contributed by atoms with Gasteiger partial charge in [0, 0.05) is 19.5 Å². The Balaban J connectivity index is 2.97. The summed E-state index contributed by atoms with van der Waals surface area (Å²) >= 11 is 5.55. The van der Waals surface area contributed by atoms with Crippen molar-refractivity contribution in [2.24, 2.45) is 0 Å². The van der Waals surface area contributed by atoms with Crippen LogP contribution in [-0.2, 0) is 0 Å². The molecule has 0 saturated carbocycles. The van der Waals surface area contributed by atoms with E-state index in [1.165, 1.54) is 24.1 Å². The van der Waals surface area contributed by atoms with Crippen LogP contribution in [0.1, 0.15) is 10.4 Å². The molecule has 5 heteroatoms. The Labute approximate surface area is 99.4 Å². The third-order valence-corrected chi connectivity index (χ3v) is 2.37. The van der Waals surface area contributed by atoms with E-state index in [2.05, 4.69) is 0 Å². The van der Waals surface area contributed by atoms with Crippen molar-refractivity contribution in [2.75, 3.05) is 26.6 Å². The first-order valence-electron chi connectivity index (χ1n) is 4.78. The monoisotopic (exact) mass is 243 g/mol. The number of amides is 1. The van der Waals surface area contributed by atoms with Crippen LogP contribution in [0, 0.1) is 0 Å². The smallest absolute Gasteiger partial charge is 0.257 e. The van der Waals surface area contributed by atoms with E-state index in [9.17, 15) is 9.90 Å². The molecule has 0 aliphatic heterocycles. The zero-order chi connectivity index (χ0) is 12.1. The van der Waals surface area contributed by atoms with Gasteiger partial charge in [0.05, 0.1) is 12.7 Å². The first kappa shape index (κ1) is 12.6. The lowest BCUT2D eigenvalue weighted by Crippen LogP contribution is -2.28. The van der Waals surface area contributed by atoms with Gasteiger partial charge in [-0.3, -0.25) is 4.79 Å². The number of phenols is 1. The number of alkyl halides is 1. The quantitative estimate of drug-likeness (QED) is 0.819. The van der Waals surface area contributed by atoms with Gasteiger partial charge in [-0.25, -0.2) is 0 Å². The molecule has 16 heavy (non-hydrogen) atoms. The molecule has 0 fully saturated rings. The Morgan fingerprint density at radius 3 is 2.81 bits per heavy atom. The maximum Gasteiger partial charge on any atom is 0.257 e. The first-order valence-corrected chi connectivity index (χ1v) is 5.32. The third kappa shape index (κ3) is 2.79. The number of carbonyl (C=O) groups is 1. The maximum absolute atomic E-state index is 11.9. The number of phenolic OH excluding ortho intramolecular Hbond substituents is 1. The number of ether oxygens (including phenoxy) is 1. The molecular weight excluding hydrogens is 230 g/mol. The van der Waals surface area contributed by atoms with Gasteiger partial charge in [-0.15, -0.1) is 11.6 Å². The highest BCUT2D eigenvalue weighted by molar-refractivity contribution is 6.18. The molecule has 1 aromatic rings. The van der Waals surface area contributed by atoms with Crippen molar-refractivity contribution in [1.29, 1.82) is 0 Å². The summed E-state index contributed by atoms with van der Waals surface area (Å²) in [6, 6.07) is 4.52. The zero-order valence-electron chi connectivity index (χ0n) is 9.24. The Morgan fingerprint density at radius 1 is 1.56 bits per heavy atom. The molecule has 0 radical (unpaired) electrons. The van der Waals surface area contributed by atoms with Crippen molar-refractivity contribution in [1.82, 2.24) is 4.90 Å². The van der Waals surface area contributed by atoms with E-state index in [0.29, 0.717) is 18.2 Å². The minimum Gasteiger partial charge on any atom is -0.507 e. The summed E-state index contributed by atoms with van der Waals surface area (Å²) in [5.41, 5.74) is 0.215. The van der Waals surface area contributed by atoms with Crippen molar-refractivity contribution < 1.29 is 14.6 Å². The largest absolute Gasteiger partial charge is 0.507 e. The second-order valence-corrected chi connectivity index (χ2v) is 3.68. The van der Waals surface area contributed by atoms with Crippen LogP contribution in [0.15, 0.2) is 18.2 Å². The summed E-state index contributed by atoms with van der Waals surface area (Å²) < 4.78 is 4.99. The average Bonchev–Trinajstić information content (AvgIpc) is 2.29. The highest BCUT2D eigenvalue weighted by Crippen LogP contribution is 2.23. The van der Waals surface area contributed by atoms with E-state index in [4.69, 9.17) is 16.3 Å². The minimum atomic E-state index is -0.281. The van der Waals surface area contributed by atoms with Crippen LogP contribution < -0.4 is 4.74 Å². The molecule has 1 amide bonds. The van der Waals surface area contributed by atoms with Crippen LogP contribution in [0.5, 0.6) is 11.5 Å². The Hall–Kier alpha value is -1.42. The van der Waals surface area contributed by atoms with E-state index < -0.39 is 0 Å². The van der Waals surface area contributed by atoms with E-state index in [0.717, 1.165) is 0 Å². The lowest BCUT2D eigenvalue weighted by molar-refractivity contribution is 0.0800. The Bertz CT molecular complexity index is 381. The van der Waals surface area contributed by atoms with Crippen molar-refractivity contribution in [2.45, 2.75) is 0 Å². The third-order valence-electron chi connectivity index (χ3n) is 2.20. The molecule has 1 N–H and O–H groups in total. The molecule has 4 nitrogen and oxygen atoms in total. The molecular formula is C11H14ClNO3. The number of halogens is 1. The van der Waals surface area contributed by atoms with Gasteiger partial charge >= 0.3 is 0 Å². The molecule has 0 atom stereocenters. The summed E-state index contributed by atoms with van der Waals surface area (Å²) in [6.45, 7) is 0.428. The number of nitrogens with zero attached hydrogens (tertiary/aromatic N) is 1. The lowest BCUT2D eigenvalue weighted by Gasteiger charge is -2.16. The predicted octanol–water partition coefficient (Wildman–Crippen LogP) is 1.71. The van der Waals surface area contributed by atoms with Crippen LogP contribution in [0.3, 0.4) is 0 Å². The predicted molar refractivity (Wildman–Crippen MR) is 62.3 cm³/mol. The fraction of sp³-hybridized carbons (Fsp3) is 0.364. The fourth-order valence-electron chi connectivity index (χ4n) is 1.25. The summed E-state index contributed by atoms with van der Waals surface area (Å²) in [5, 5.41) is 9.58. The first-order chi connectivity index (χ1) is 7.60. The molecule has 1 aromatic carbocycles. The molecule has 0 unspecified atom stereocenters. The summed E-state index contributed by atoms with van der Waals surface area (Å²) in [6.07, 6.45) is 0. The van der Waals surface area contributed by atoms with Gasteiger partial charge in [0.15, 0.2) is 0 Å². The maximum atomic E-state index is 11.9.